The molecule has 146 valence electrons. The molecule has 1 atom stereocenters. The number of hydrogen-bond donors (Lipinski definition) is 0. The Hall–Kier alpha value is -2.72. The second-order valence-corrected chi connectivity index (χ2v) is 9.19. The molecule has 0 N–H and O–H groups in total. The molecule has 0 bridgehead atoms. The second-order valence-electron chi connectivity index (χ2n) is 8.27. The van der Waals surface area contributed by atoms with Crippen molar-refractivity contribution in [1.29, 1.82) is 0 Å². The summed E-state index contributed by atoms with van der Waals surface area (Å²) in [4.78, 5) is 28.6. The van der Waals surface area contributed by atoms with Gasteiger partial charge in [-0.25, -0.2) is 0 Å². The van der Waals surface area contributed by atoms with Gasteiger partial charge in [0.2, 0.25) is 5.91 Å². The Balaban J connectivity index is 2.07. The van der Waals surface area contributed by atoms with Gasteiger partial charge in [0.25, 0.3) is 5.91 Å². The molecule has 1 aliphatic rings. The highest BCUT2D eigenvalue weighted by atomic mass is 79.9. The van der Waals surface area contributed by atoms with Gasteiger partial charge in [-0.15, -0.1) is 0 Å². The molecule has 0 saturated heterocycles. The third-order valence-corrected chi connectivity index (χ3v) is 5.68. The summed E-state index contributed by atoms with van der Waals surface area (Å²) in [5, 5.41) is 0. The number of nitrogens with zero attached hydrogens (tertiary/aromatic N) is 1. The van der Waals surface area contributed by atoms with E-state index < -0.39 is 11.5 Å². The third kappa shape index (κ3) is 3.42. The van der Waals surface area contributed by atoms with E-state index in [0.29, 0.717) is 5.56 Å². The van der Waals surface area contributed by atoms with E-state index >= 15 is 0 Å². The van der Waals surface area contributed by atoms with Crippen LogP contribution in [-0.4, -0.2) is 22.3 Å². The van der Waals surface area contributed by atoms with Crippen molar-refractivity contribution < 1.29 is 9.59 Å². The first kappa shape index (κ1) is 19.6. The van der Waals surface area contributed by atoms with Crippen molar-refractivity contribution in [3.63, 3.8) is 0 Å². The zero-order chi connectivity index (χ0) is 20.8. The van der Waals surface area contributed by atoms with E-state index in [4.69, 9.17) is 0 Å². The van der Waals surface area contributed by atoms with Crippen LogP contribution in [0.25, 0.3) is 11.1 Å². The van der Waals surface area contributed by atoms with E-state index in [9.17, 15) is 9.59 Å². The number of benzene rings is 3. The average Bonchev–Trinajstić information content (AvgIpc) is 2.68. The van der Waals surface area contributed by atoms with Gasteiger partial charge in [-0.1, -0.05) is 76.6 Å². The predicted octanol–water partition coefficient (Wildman–Crippen LogP) is 6.03. The zero-order valence-corrected chi connectivity index (χ0v) is 18.2. The van der Waals surface area contributed by atoms with Gasteiger partial charge in [-0.2, -0.15) is 0 Å². The first-order valence-corrected chi connectivity index (χ1v) is 10.4. The zero-order valence-electron chi connectivity index (χ0n) is 16.6. The molecule has 4 rings (SSSR count). The minimum atomic E-state index is -0.617. The average molecular weight is 448 g/mol. The number of rotatable bonds is 2. The Morgan fingerprint density at radius 2 is 1.38 bits per heavy atom. The number of carbonyl (C=O) groups is 2. The fourth-order valence-electron chi connectivity index (χ4n) is 4.03. The maximum Gasteiger partial charge on any atom is 0.261 e. The van der Waals surface area contributed by atoms with Gasteiger partial charge >= 0.3 is 0 Å². The second kappa shape index (κ2) is 7.27. The minimum absolute atomic E-state index is 0.180. The normalized spacial score (nSPS) is 16.7. The van der Waals surface area contributed by atoms with Crippen molar-refractivity contribution in [2.24, 2.45) is 0 Å². The van der Waals surface area contributed by atoms with E-state index in [2.05, 4.69) is 15.9 Å². The summed E-state index contributed by atoms with van der Waals surface area (Å²) >= 11 is 3.57. The van der Waals surface area contributed by atoms with Crippen molar-refractivity contribution >= 4 is 27.7 Å². The maximum atomic E-state index is 13.7. The summed E-state index contributed by atoms with van der Waals surface area (Å²) in [6.45, 7) is 5.68. The highest BCUT2D eigenvalue weighted by molar-refractivity contribution is 9.10. The summed E-state index contributed by atoms with van der Waals surface area (Å²) in [6.07, 6.45) is 0. The number of amides is 2. The smallest absolute Gasteiger partial charge is 0.261 e. The van der Waals surface area contributed by atoms with Crippen LogP contribution < -0.4 is 0 Å². The largest absolute Gasteiger partial charge is 0.273 e. The van der Waals surface area contributed by atoms with Crippen LogP contribution in [0.1, 0.15) is 48.2 Å². The molecule has 3 aromatic rings. The summed E-state index contributed by atoms with van der Waals surface area (Å²) in [6, 6.07) is 23.5. The summed E-state index contributed by atoms with van der Waals surface area (Å²) in [7, 11) is 0. The molecule has 0 fully saturated rings. The van der Waals surface area contributed by atoms with Crippen molar-refractivity contribution in [2.75, 3.05) is 0 Å². The number of halogens is 1. The van der Waals surface area contributed by atoms with Crippen molar-refractivity contribution in [1.82, 2.24) is 4.90 Å². The molecule has 3 nitrogen and oxygen atoms in total. The van der Waals surface area contributed by atoms with Crippen LogP contribution in [-0.2, 0) is 4.79 Å². The van der Waals surface area contributed by atoms with Gasteiger partial charge in [-0.3, -0.25) is 14.5 Å². The van der Waals surface area contributed by atoms with Gasteiger partial charge in [0, 0.05) is 15.6 Å². The number of imide groups is 1. The van der Waals surface area contributed by atoms with Gasteiger partial charge < -0.3 is 0 Å². The molecule has 29 heavy (non-hydrogen) atoms. The Morgan fingerprint density at radius 1 is 0.828 bits per heavy atom. The SMILES string of the molecule is CC(C)(C)N1C(=O)c2cc(Br)cc(-c3ccccc3)c2C(c2ccccc2)C1=O. The van der Waals surface area contributed by atoms with Crippen LogP contribution in [0.15, 0.2) is 77.3 Å². The van der Waals surface area contributed by atoms with Crippen LogP contribution >= 0.6 is 15.9 Å². The van der Waals surface area contributed by atoms with Gasteiger partial charge in [0.05, 0.1) is 5.92 Å². The van der Waals surface area contributed by atoms with Crippen molar-refractivity contribution in [3.05, 3.63) is 94.0 Å². The maximum absolute atomic E-state index is 13.7. The molecule has 0 saturated carbocycles. The first-order chi connectivity index (χ1) is 13.8. The molecular formula is C25H22BrNO2. The molecule has 1 aliphatic heterocycles. The third-order valence-electron chi connectivity index (χ3n) is 5.22. The van der Waals surface area contributed by atoms with Crippen molar-refractivity contribution in [3.8, 4) is 11.1 Å². The molecule has 3 aromatic carbocycles. The first-order valence-electron chi connectivity index (χ1n) is 9.61. The minimum Gasteiger partial charge on any atom is -0.273 e. The molecule has 0 radical (unpaired) electrons. The summed E-state index contributed by atoms with van der Waals surface area (Å²) in [5.74, 6) is -0.963. The lowest BCUT2D eigenvalue weighted by Gasteiger charge is -2.41. The van der Waals surface area contributed by atoms with Crippen LogP contribution in [0.2, 0.25) is 0 Å². The lowest BCUT2D eigenvalue weighted by molar-refractivity contribution is -0.133. The lowest BCUT2D eigenvalue weighted by atomic mass is 9.78. The quantitative estimate of drug-likeness (QED) is 0.449. The standard InChI is InChI=1S/C25H22BrNO2/c1-25(2,3)27-23(28)20-15-18(26)14-19(16-10-6-4-7-11-16)22(20)21(24(27)29)17-12-8-5-9-13-17/h4-15,21H,1-3H3. The predicted molar refractivity (Wildman–Crippen MR) is 119 cm³/mol. The Kier molecular flexibility index (Phi) is 4.91. The molecule has 4 heteroatoms. The number of carbonyl (C=O) groups excluding carboxylic acids is 2. The fraction of sp³-hybridized carbons (Fsp3) is 0.200. The Labute approximate surface area is 179 Å². The van der Waals surface area contributed by atoms with E-state index in [1.165, 1.54) is 4.90 Å². The van der Waals surface area contributed by atoms with Gasteiger partial charge in [-0.05, 0) is 55.2 Å². The fourth-order valence-corrected chi connectivity index (χ4v) is 4.48. The Bertz CT molecular complexity index is 1090. The van der Waals surface area contributed by atoms with Gasteiger partial charge in [0.1, 0.15) is 0 Å². The van der Waals surface area contributed by atoms with E-state index in [1.54, 1.807) is 0 Å². The van der Waals surface area contributed by atoms with Crippen LogP contribution in [0.3, 0.4) is 0 Å². The highest BCUT2D eigenvalue weighted by Gasteiger charge is 2.45. The van der Waals surface area contributed by atoms with E-state index in [-0.39, 0.29) is 11.8 Å². The summed E-state index contributed by atoms with van der Waals surface area (Å²) < 4.78 is 0.818. The lowest BCUT2D eigenvalue weighted by Crippen LogP contribution is -2.54. The Morgan fingerprint density at radius 3 is 1.97 bits per heavy atom. The molecular weight excluding hydrogens is 426 g/mol. The summed E-state index contributed by atoms with van der Waals surface area (Å²) in [5.41, 5.74) is 3.51. The van der Waals surface area contributed by atoms with Crippen LogP contribution in [0, 0.1) is 0 Å². The van der Waals surface area contributed by atoms with E-state index in [1.807, 2.05) is 93.6 Å². The molecule has 1 heterocycles. The van der Waals surface area contributed by atoms with E-state index in [0.717, 1.165) is 26.7 Å². The number of fused-ring (bicyclic) bond motifs is 1. The molecule has 2 amide bonds. The van der Waals surface area contributed by atoms with Crippen LogP contribution in [0.4, 0.5) is 0 Å². The molecule has 0 aromatic heterocycles. The van der Waals surface area contributed by atoms with Gasteiger partial charge in [0.15, 0.2) is 0 Å². The molecule has 0 spiro atoms. The van der Waals surface area contributed by atoms with Crippen LogP contribution in [0.5, 0.6) is 0 Å². The molecule has 0 aliphatic carbocycles. The number of hydrogen-bond acceptors (Lipinski definition) is 2. The monoisotopic (exact) mass is 447 g/mol. The molecule has 1 unspecified atom stereocenters. The van der Waals surface area contributed by atoms with Crippen molar-refractivity contribution in [2.45, 2.75) is 32.2 Å². The topological polar surface area (TPSA) is 37.4 Å². The highest BCUT2D eigenvalue weighted by Crippen LogP contribution is 2.43.